The summed E-state index contributed by atoms with van der Waals surface area (Å²) < 4.78 is 16.2. The second-order valence-electron chi connectivity index (χ2n) is 6.42. The van der Waals surface area contributed by atoms with Crippen molar-refractivity contribution in [3.8, 4) is 5.69 Å². The summed E-state index contributed by atoms with van der Waals surface area (Å²) >= 11 is 6.21. The van der Waals surface area contributed by atoms with Gasteiger partial charge in [0.05, 0.1) is 17.9 Å². The summed E-state index contributed by atoms with van der Waals surface area (Å²) in [5.41, 5.74) is 2.68. The molecule has 0 spiro atoms. The van der Waals surface area contributed by atoms with Crippen molar-refractivity contribution >= 4 is 23.2 Å². The fourth-order valence-electron chi connectivity index (χ4n) is 3.10. The first-order chi connectivity index (χ1) is 13.0. The van der Waals surface area contributed by atoms with Crippen LogP contribution in [0.2, 0.25) is 5.02 Å². The van der Waals surface area contributed by atoms with Crippen LogP contribution >= 0.6 is 11.6 Å². The van der Waals surface area contributed by atoms with E-state index in [2.05, 4.69) is 9.98 Å². The molecule has 0 saturated heterocycles. The van der Waals surface area contributed by atoms with Gasteiger partial charge >= 0.3 is 0 Å². The average molecular weight is 383 g/mol. The molecule has 4 rings (SSSR count). The molecule has 2 heterocycles. The van der Waals surface area contributed by atoms with Gasteiger partial charge in [-0.05, 0) is 30.3 Å². The Kier molecular flexibility index (Phi) is 4.28. The van der Waals surface area contributed by atoms with Crippen LogP contribution in [0.25, 0.3) is 5.69 Å². The number of carbonyl (C=O) groups excluding carboxylic acids is 1. The molecule has 2 aromatic carbocycles. The molecular formula is C20H16ClFN4O. The van der Waals surface area contributed by atoms with Gasteiger partial charge in [0.25, 0.3) is 5.91 Å². The predicted molar refractivity (Wildman–Crippen MR) is 102 cm³/mol. The minimum atomic E-state index is -0.356. The molecule has 1 aromatic heterocycles. The third kappa shape index (κ3) is 3.02. The number of halogens is 2. The van der Waals surface area contributed by atoms with Crippen molar-refractivity contribution in [3.05, 3.63) is 82.1 Å². The van der Waals surface area contributed by atoms with Crippen LogP contribution < -0.4 is 0 Å². The van der Waals surface area contributed by atoms with Crippen LogP contribution in [-0.2, 0) is 6.54 Å². The number of aromatic nitrogens is 2. The van der Waals surface area contributed by atoms with Gasteiger partial charge < -0.3 is 9.47 Å². The molecule has 7 heteroatoms. The van der Waals surface area contributed by atoms with Gasteiger partial charge in [0.15, 0.2) is 0 Å². The summed E-state index contributed by atoms with van der Waals surface area (Å²) in [5.74, 6) is 0.0599. The Labute approximate surface area is 160 Å². The van der Waals surface area contributed by atoms with Crippen molar-refractivity contribution in [2.24, 2.45) is 4.99 Å². The Bertz CT molecular complexity index is 1090. The van der Waals surface area contributed by atoms with Crippen LogP contribution in [-0.4, -0.2) is 40.2 Å². The second kappa shape index (κ2) is 6.63. The maximum atomic E-state index is 14.4. The Morgan fingerprint density at radius 3 is 2.70 bits per heavy atom. The van der Waals surface area contributed by atoms with Crippen molar-refractivity contribution < 1.29 is 9.18 Å². The van der Waals surface area contributed by atoms with Crippen molar-refractivity contribution in [2.45, 2.75) is 6.54 Å². The molecule has 0 saturated carbocycles. The number of rotatable bonds is 2. The van der Waals surface area contributed by atoms with Gasteiger partial charge in [-0.1, -0.05) is 23.7 Å². The van der Waals surface area contributed by atoms with Crippen LogP contribution in [0.5, 0.6) is 0 Å². The highest BCUT2D eigenvalue weighted by molar-refractivity contribution is 6.31. The van der Waals surface area contributed by atoms with Gasteiger partial charge in [-0.25, -0.2) is 9.37 Å². The fraction of sp³-hybridized carbons (Fsp3) is 0.150. The van der Waals surface area contributed by atoms with E-state index in [0.717, 1.165) is 5.69 Å². The van der Waals surface area contributed by atoms with Gasteiger partial charge in [0.2, 0.25) is 0 Å². The predicted octanol–water partition coefficient (Wildman–Crippen LogP) is 3.72. The molecule has 0 N–H and O–H groups in total. The van der Waals surface area contributed by atoms with Gasteiger partial charge in [-0.15, -0.1) is 0 Å². The van der Waals surface area contributed by atoms with E-state index < -0.39 is 0 Å². The monoisotopic (exact) mass is 382 g/mol. The van der Waals surface area contributed by atoms with Crippen LogP contribution in [0.3, 0.4) is 0 Å². The van der Waals surface area contributed by atoms with E-state index >= 15 is 0 Å². The van der Waals surface area contributed by atoms with Crippen molar-refractivity contribution in [2.75, 3.05) is 14.1 Å². The van der Waals surface area contributed by atoms with Gasteiger partial charge in [0, 0.05) is 36.4 Å². The molecule has 0 aliphatic carbocycles. The smallest absolute Gasteiger partial charge is 0.273 e. The molecule has 1 aliphatic rings. The van der Waals surface area contributed by atoms with Crippen LogP contribution in [0.15, 0.2) is 53.7 Å². The maximum absolute atomic E-state index is 14.4. The highest BCUT2D eigenvalue weighted by atomic mass is 35.5. The topological polar surface area (TPSA) is 50.5 Å². The molecule has 0 bridgehead atoms. The Morgan fingerprint density at radius 1 is 1.19 bits per heavy atom. The molecule has 0 unspecified atom stereocenters. The Hall–Kier alpha value is -2.99. The molecule has 0 fully saturated rings. The number of carbonyl (C=O) groups is 1. The van der Waals surface area contributed by atoms with Gasteiger partial charge in [-0.3, -0.25) is 9.79 Å². The first-order valence-electron chi connectivity index (χ1n) is 8.35. The van der Waals surface area contributed by atoms with Crippen molar-refractivity contribution in [3.63, 3.8) is 0 Å². The zero-order valence-electron chi connectivity index (χ0n) is 14.8. The second-order valence-corrected chi connectivity index (χ2v) is 6.85. The average Bonchev–Trinajstić information content (AvgIpc) is 3.00. The zero-order chi connectivity index (χ0) is 19.1. The molecule has 136 valence electrons. The summed E-state index contributed by atoms with van der Waals surface area (Å²) in [4.78, 5) is 22.8. The number of amides is 1. The van der Waals surface area contributed by atoms with Crippen LogP contribution in [0.1, 0.15) is 27.4 Å². The normalized spacial score (nSPS) is 12.7. The first kappa shape index (κ1) is 17.4. The van der Waals surface area contributed by atoms with Crippen LogP contribution in [0, 0.1) is 5.82 Å². The lowest BCUT2D eigenvalue weighted by atomic mass is 10.00. The van der Waals surface area contributed by atoms with Crippen molar-refractivity contribution in [1.29, 1.82) is 0 Å². The third-order valence-electron chi connectivity index (χ3n) is 4.39. The van der Waals surface area contributed by atoms with Gasteiger partial charge in [-0.2, -0.15) is 0 Å². The number of hydrogen-bond donors (Lipinski definition) is 0. The molecule has 0 atom stereocenters. The lowest BCUT2D eigenvalue weighted by Gasteiger charge is -2.13. The molecule has 5 nitrogen and oxygen atoms in total. The SMILES string of the molecule is CN(C)C(=O)c1cn2c(n1)CN=C(c1ccccc1F)c1cc(Cl)ccc1-2. The summed E-state index contributed by atoms with van der Waals surface area (Å²) in [6.45, 7) is 0.219. The number of nitrogens with zero attached hydrogens (tertiary/aromatic N) is 4. The molecule has 1 amide bonds. The Balaban J connectivity index is 1.93. The minimum Gasteiger partial charge on any atom is -0.343 e. The first-order valence-corrected chi connectivity index (χ1v) is 8.73. The lowest BCUT2D eigenvalue weighted by molar-refractivity contribution is 0.0822. The van der Waals surface area contributed by atoms with Crippen LogP contribution in [0.4, 0.5) is 4.39 Å². The molecular weight excluding hydrogens is 367 g/mol. The summed E-state index contributed by atoms with van der Waals surface area (Å²) in [5, 5.41) is 0.519. The zero-order valence-corrected chi connectivity index (χ0v) is 15.5. The van der Waals surface area contributed by atoms with E-state index in [1.54, 1.807) is 50.6 Å². The standard InChI is InChI=1S/C20H16ClFN4O/c1-25(2)20(27)16-11-26-17-8-7-12(21)9-14(17)19(23-10-18(26)24-16)13-5-3-4-6-15(13)22/h3-9,11H,10H2,1-2H3. The summed E-state index contributed by atoms with van der Waals surface area (Å²) in [6, 6.07) is 11.8. The number of aliphatic imine (C=N–C) groups is 1. The molecule has 1 aliphatic heterocycles. The molecule has 3 aromatic rings. The fourth-order valence-corrected chi connectivity index (χ4v) is 3.27. The summed E-state index contributed by atoms with van der Waals surface area (Å²) in [7, 11) is 3.35. The van der Waals surface area contributed by atoms with E-state index in [1.165, 1.54) is 11.0 Å². The van der Waals surface area contributed by atoms with E-state index in [-0.39, 0.29) is 18.3 Å². The highest BCUT2D eigenvalue weighted by Crippen LogP contribution is 2.28. The number of benzene rings is 2. The highest BCUT2D eigenvalue weighted by Gasteiger charge is 2.24. The Morgan fingerprint density at radius 2 is 1.96 bits per heavy atom. The number of fused-ring (bicyclic) bond motifs is 3. The van der Waals surface area contributed by atoms with Crippen molar-refractivity contribution in [1.82, 2.24) is 14.5 Å². The summed E-state index contributed by atoms with van der Waals surface area (Å²) in [6.07, 6.45) is 1.68. The minimum absolute atomic E-state index is 0.190. The van der Waals surface area contributed by atoms with E-state index in [9.17, 15) is 9.18 Å². The number of imidazole rings is 1. The van der Waals surface area contributed by atoms with E-state index in [4.69, 9.17) is 11.6 Å². The third-order valence-corrected chi connectivity index (χ3v) is 4.62. The quantitative estimate of drug-likeness (QED) is 0.678. The van der Waals surface area contributed by atoms with E-state index in [1.807, 2.05) is 10.6 Å². The lowest BCUT2D eigenvalue weighted by Crippen LogP contribution is -2.22. The largest absolute Gasteiger partial charge is 0.343 e. The van der Waals surface area contributed by atoms with Gasteiger partial charge in [0.1, 0.15) is 17.3 Å². The molecule has 27 heavy (non-hydrogen) atoms. The van der Waals surface area contributed by atoms with E-state index in [0.29, 0.717) is 33.4 Å². The maximum Gasteiger partial charge on any atom is 0.273 e. The number of hydrogen-bond acceptors (Lipinski definition) is 3. The molecule has 0 radical (unpaired) electrons.